The van der Waals surface area contributed by atoms with E-state index in [1.165, 1.54) is 6.26 Å². The van der Waals surface area contributed by atoms with Gasteiger partial charge in [0.2, 0.25) is 5.89 Å². The molecule has 1 fully saturated rings. The molecule has 1 aromatic heterocycles. The van der Waals surface area contributed by atoms with Gasteiger partial charge >= 0.3 is 0 Å². The Morgan fingerprint density at radius 1 is 1.47 bits per heavy atom. The zero-order valence-corrected chi connectivity index (χ0v) is 12.6. The highest BCUT2D eigenvalue weighted by Gasteiger charge is 2.37. The lowest BCUT2D eigenvalue weighted by molar-refractivity contribution is 0.146. The highest BCUT2D eigenvalue weighted by molar-refractivity contribution is 7.90. The summed E-state index contributed by atoms with van der Waals surface area (Å²) in [4.78, 5) is 4.28. The first kappa shape index (κ1) is 14.5. The molecule has 0 aromatic carbocycles. The molecule has 0 radical (unpaired) electrons. The lowest BCUT2D eigenvalue weighted by Crippen LogP contribution is -2.39. The van der Waals surface area contributed by atoms with Gasteiger partial charge in [-0.2, -0.15) is 4.98 Å². The molecule has 0 bridgehead atoms. The number of hydrogen-bond acceptors (Lipinski definition) is 6. The van der Waals surface area contributed by atoms with Gasteiger partial charge in [0, 0.05) is 6.26 Å². The average molecular weight is 287 g/mol. The first-order valence-corrected chi connectivity index (χ1v) is 8.43. The third kappa shape index (κ3) is 2.97. The molecule has 2 atom stereocenters. The third-order valence-electron chi connectivity index (χ3n) is 3.84. The molecule has 2 unspecified atom stereocenters. The van der Waals surface area contributed by atoms with Gasteiger partial charge in [-0.15, -0.1) is 0 Å². The van der Waals surface area contributed by atoms with Crippen LogP contribution >= 0.6 is 0 Å². The van der Waals surface area contributed by atoms with Crippen LogP contribution in [-0.2, 0) is 9.84 Å². The van der Waals surface area contributed by atoms with Crippen molar-refractivity contribution in [1.82, 2.24) is 15.5 Å². The summed E-state index contributed by atoms with van der Waals surface area (Å²) in [6.07, 6.45) is 3.37. The Balaban J connectivity index is 2.26. The predicted octanol–water partition coefficient (Wildman–Crippen LogP) is 1.63. The molecule has 6 nitrogen and oxygen atoms in total. The first-order valence-electron chi connectivity index (χ1n) is 6.47. The largest absolute Gasteiger partial charge is 0.338 e. The fraction of sp³-hybridized carbons (Fsp3) is 0.833. The fourth-order valence-electron chi connectivity index (χ4n) is 2.35. The Hall–Kier alpha value is -0.950. The van der Waals surface area contributed by atoms with Crippen molar-refractivity contribution in [2.24, 2.45) is 5.41 Å². The van der Waals surface area contributed by atoms with E-state index in [1.54, 1.807) is 6.92 Å². The van der Waals surface area contributed by atoms with Crippen LogP contribution in [0, 0.1) is 5.41 Å². The van der Waals surface area contributed by atoms with Crippen molar-refractivity contribution < 1.29 is 12.9 Å². The summed E-state index contributed by atoms with van der Waals surface area (Å²) in [5, 5.41) is 6.45. The van der Waals surface area contributed by atoms with E-state index < -0.39 is 15.1 Å². The van der Waals surface area contributed by atoms with Crippen LogP contribution in [0.25, 0.3) is 0 Å². The second-order valence-corrected chi connectivity index (χ2v) is 8.31. The van der Waals surface area contributed by atoms with E-state index >= 15 is 0 Å². The van der Waals surface area contributed by atoms with Gasteiger partial charge in [-0.25, -0.2) is 8.42 Å². The Morgan fingerprint density at radius 2 is 2.16 bits per heavy atom. The van der Waals surface area contributed by atoms with Crippen LogP contribution in [0.3, 0.4) is 0 Å². The van der Waals surface area contributed by atoms with E-state index in [0.717, 1.165) is 19.4 Å². The minimum Gasteiger partial charge on any atom is -0.338 e. The van der Waals surface area contributed by atoms with Crippen LogP contribution in [0.5, 0.6) is 0 Å². The summed E-state index contributed by atoms with van der Waals surface area (Å²) in [7, 11) is -3.21. The number of aromatic nitrogens is 2. The topological polar surface area (TPSA) is 85.1 Å². The zero-order valence-electron chi connectivity index (χ0n) is 11.8. The Kier molecular flexibility index (Phi) is 3.70. The van der Waals surface area contributed by atoms with Crippen LogP contribution in [0.4, 0.5) is 0 Å². The smallest absolute Gasteiger partial charge is 0.244 e. The second-order valence-electron chi connectivity index (χ2n) is 5.94. The van der Waals surface area contributed by atoms with Crippen LogP contribution in [0.2, 0.25) is 0 Å². The van der Waals surface area contributed by atoms with Gasteiger partial charge < -0.3 is 9.84 Å². The van der Waals surface area contributed by atoms with Crippen molar-refractivity contribution in [3.8, 4) is 0 Å². The second kappa shape index (κ2) is 4.86. The quantitative estimate of drug-likeness (QED) is 0.909. The standard InChI is InChI=1S/C12H21N3O3S/c1-8(19(4,16)17)10-14-11(18-15-10)9-12(2,3)6-5-7-13-9/h8-9,13H,5-7H2,1-4H3. The van der Waals surface area contributed by atoms with E-state index in [1.807, 2.05) is 0 Å². The maximum absolute atomic E-state index is 11.5. The number of nitrogens with zero attached hydrogens (tertiary/aromatic N) is 2. The minimum absolute atomic E-state index is 0.0192. The van der Waals surface area contributed by atoms with Gasteiger partial charge in [0.15, 0.2) is 15.7 Å². The van der Waals surface area contributed by atoms with E-state index in [-0.39, 0.29) is 17.3 Å². The minimum atomic E-state index is -3.21. The fourth-order valence-corrected chi connectivity index (χ4v) is 2.83. The predicted molar refractivity (Wildman–Crippen MR) is 71.3 cm³/mol. The molecule has 0 saturated carbocycles. The third-order valence-corrected chi connectivity index (χ3v) is 5.33. The van der Waals surface area contributed by atoms with Crippen molar-refractivity contribution in [3.05, 3.63) is 11.7 Å². The molecule has 1 N–H and O–H groups in total. The van der Waals surface area contributed by atoms with Gasteiger partial charge in [-0.3, -0.25) is 0 Å². The van der Waals surface area contributed by atoms with E-state index in [4.69, 9.17) is 4.52 Å². The van der Waals surface area contributed by atoms with Gasteiger partial charge in [0.1, 0.15) is 5.25 Å². The van der Waals surface area contributed by atoms with Crippen molar-refractivity contribution in [1.29, 1.82) is 0 Å². The lowest BCUT2D eigenvalue weighted by Gasteiger charge is -2.36. The maximum Gasteiger partial charge on any atom is 0.244 e. The van der Waals surface area contributed by atoms with Crippen molar-refractivity contribution in [3.63, 3.8) is 0 Å². The van der Waals surface area contributed by atoms with Gasteiger partial charge in [0.25, 0.3) is 0 Å². The van der Waals surface area contributed by atoms with Crippen LogP contribution in [-0.4, -0.2) is 31.4 Å². The SMILES string of the molecule is CC(c1noc(C2NCCCC2(C)C)n1)S(C)(=O)=O. The van der Waals surface area contributed by atoms with Gasteiger partial charge in [0.05, 0.1) is 6.04 Å². The Morgan fingerprint density at radius 3 is 2.74 bits per heavy atom. The van der Waals surface area contributed by atoms with Crippen LogP contribution < -0.4 is 5.32 Å². The summed E-state index contributed by atoms with van der Waals surface area (Å²) in [5.41, 5.74) is 0.0242. The number of hydrogen-bond donors (Lipinski definition) is 1. The molecule has 19 heavy (non-hydrogen) atoms. The van der Waals surface area contributed by atoms with Gasteiger partial charge in [-0.1, -0.05) is 19.0 Å². The number of piperidine rings is 1. The molecule has 7 heteroatoms. The lowest BCUT2D eigenvalue weighted by atomic mass is 9.77. The van der Waals surface area contributed by atoms with Crippen molar-refractivity contribution in [2.45, 2.75) is 44.9 Å². The zero-order chi connectivity index (χ0) is 14.3. The Bertz CT molecular complexity index is 550. The first-order chi connectivity index (χ1) is 8.72. The van der Waals surface area contributed by atoms with Crippen molar-refractivity contribution in [2.75, 3.05) is 12.8 Å². The summed E-state index contributed by atoms with van der Waals surface area (Å²) in [6.45, 7) is 6.78. The molecule has 1 aliphatic rings. The summed E-state index contributed by atoms with van der Waals surface area (Å²) < 4.78 is 28.3. The molecule has 1 aromatic rings. The molecule has 0 amide bonds. The molecule has 1 saturated heterocycles. The maximum atomic E-state index is 11.5. The molecule has 108 valence electrons. The number of sulfone groups is 1. The summed E-state index contributed by atoms with van der Waals surface area (Å²) in [6, 6.07) is -0.0192. The molecule has 0 spiro atoms. The van der Waals surface area contributed by atoms with Gasteiger partial charge in [-0.05, 0) is 31.7 Å². The molecule has 0 aliphatic carbocycles. The highest BCUT2D eigenvalue weighted by atomic mass is 32.2. The molecule has 2 rings (SSSR count). The molecular weight excluding hydrogens is 266 g/mol. The van der Waals surface area contributed by atoms with E-state index in [9.17, 15) is 8.42 Å². The van der Waals surface area contributed by atoms with Crippen molar-refractivity contribution >= 4 is 9.84 Å². The number of rotatable bonds is 3. The van der Waals surface area contributed by atoms with Crippen LogP contribution in [0.1, 0.15) is 56.6 Å². The highest BCUT2D eigenvalue weighted by Crippen LogP contribution is 2.39. The monoisotopic (exact) mass is 287 g/mol. The molecular formula is C12H21N3O3S. The van der Waals surface area contributed by atoms with E-state index in [2.05, 4.69) is 29.3 Å². The summed E-state index contributed by atoms with van der Waals surface area (Å²) in [5.74, 6) is 0.718. The average Bonchev–Trinajstić information content (AvgIpc) is 2.75. The summed E-state index contributed by atoms with van der Waals surface area (Å²) >= 11 is 0. The number of nitrogens with one attached hydrogen (secondary N) is 1. The molecule has 1 aliphatic heterocycles. The van der Waals surface area contributed by atoms with Crippen LogP contribution in [0.15, 0.2) is 4.52 Å². The normalized spacial score (nSPS) is 25.2. The Labute approximate surface area is 113 Å². The van der Waals surface area contributed by atoms with E-state index in [0.29, 0.717) is 5.89 Å². The molecule has 2 heterocycles.